The predicted molar refractivity (Wildman–Crippen MR) is 64.0 cm³/mol. The number of rotatable bonds is 4. The molecule has 16 heavy (non-hydrogen) atoms. The van der Waals surface area contributed by atoms with Crippen LogP contribution >= 0.6 is 0 Å². The summed E-state index contributed by atoms with van der Waals surface area (Å²) >= 11 is 0. The zero-order valence-corrected chi connectivity index (χ0v) is 9.91. The molecule has 0 aromatic heterocycles. The van der Waals surface area contributed by atoms with Gasteiger partial charge in [0.25, 0.3) is 0 Å². The van der Waals surface area contributed by atoms with Gasteiger partial charge in [-0.2, -0.15) is 0 Å². The zero-order chi connectivity index (χ0) is 11.5. The average Bonchev–Trinajstić information content (AvgIpc) is 2.14. The molecular weight excluding hydrogens is 203 g/mol. The largest absolute Gasteiger partial charge is 0.314 e. The Bertz CT molecular complexity index is 350. The van der Waals surface area contributed by atoms with Crippen molar-refractivity contribution in [3.05, 3.63) is 35.6 Å². The molecule has 0 radical (unpaired) electrons. The third kappa shape index (κ3) is 2.60. The molecule has 1 N–H and O–H groups in total. The first kappa shape index (κ1) is 11.6. The lowest BCUT2D eigenvalue weighted by atomic mass is 10.0. The van der Waals surface area contributed by atoms with Gasteiger partial charge in [-0.25, -0.2) is 4.39 Å². The van der Waals surface area contributed by atoms with Crippen LogP contribution in [0.2, 0.25) is 0 Å². The van der Waals surface area contributed by atoms with Gasteiger partial charge in [-0.05, 0) is 38.1 Å². The monoisotopic (exact) mass is 222 g/mol. The maximum Gasteiger partial charge on any atom is 0.123 e. The van der Waals surface area contributed by atoms with E-state index in [2.05, 4.69) is 24.2 Å². The van der Waals surface area contributed by atoms with Gasteiger partial charge >= 0.3 is 0 Å². The lowest BCUT2D eigenvalue weighted by molar-refractivity contribution is 0.135. The molecule has 1 heterocycles. The standard InChI is InChI=1S/C13H19FN2/c1-10(16(2)13-8-15-9-13)6-11-4-3-5-12(14)7-11/h3-5,7,10,13,15H,6,8-9H2,1-2H3. The summed E-state index contributed by atoms with van der Waals surface area (Å²) in [5, 5.41) is 3.27. The third-order valence-corrected chi connectivity index (χ3v) is 3.45. The molecule has 1 atom stereocenters. The Balaban J connectivity index is 1.93. The normalized spacial score (nSPS) is 18.5. The molecular formula is C13H19FN2. The highest BCUT2D eigenvalue weighted by Gasteiger charge is 2.24. The van der Waals surface area contributed by atoms with Crippen molar-refractivity contribution in [3.8, 4) is 0 Å². The van der Waals surface area contributed by atoms with E-state index < -0.39 is 0 Å². The zero-order valence-electron chi connectivity index (χ0n) is 9.91. The van der Waals surface area contributed by atoms with Gasteiger partial charge in [-0.1, -0.05) is 12.1 Å². The second kappa shape index (κ2) is 4.93. The van der Waals surface area contributed by atoms with Crippen LogP contribution in [0.4, 0.5) is 4.39 Å². The highest BCUT2D eigenvalue weighted by atomic mass is 19.1. The van der Waals surface area contributed by atoms with Crippen LogP contribution in [-0.4, -0.2) is 37.1 Å². The quantitative estimate of drug-likeness (QED) is 0.833. The number of hydrogen-bond acceptors (Lipinski definition) is 2. The van der Waals surface area contributed by atoms with E-state index in [-0.39, 0.29) is 5.82 Å². The summed E-state index contributed by atoms with van der Waals surface area (Å²) in [7, 11) is 2.15. The molecule has 1 aromatic carbocycles. The molecule has 1 aliphatic rings. The van der Waals surface area contributed by atoms with E-state index in [9.17, 15) is 4.39 Å². The second-order valence-electron chi connectivity index (χ2n) is 4.66. The van der Waals surface area contributed by atoms with Crippen LogP contribution in [0, 0.1) is 5.82 Å². The van der Waals surface area contributed by atoms with Crippen molar-refractivity contribution < 1.29 is 4.39 Å². The van der Waals surface area contributed by atoms with Crippen LogP contribution in [0.3, 0.4) is 0 Å². The summed E-state index contributed by atoms with van der Waals surface area (Å²) in [4.78, 5) is 2.38. The summed E-state index contributed by atoms with van der Waals surface area (Å²) in [5.74, 6) is -0.141. The smallest absolute Gasteiger partial charge is 0.123 e. The Kier molecular flexibility index (Phi) is 3.56. The van der Waals surface area contributed by atoms with Crippen LogP contribution in [0.15, 0.2) is 24.3 Å². The molecule has 1 aliphatic heterocycles. The van der Waals surface area contributed by atoms with E-state index >= 15 is 0 Å². The number of nitrogens with one attached hydrogen (secondary N) is 1. The Labute approximate surface area is 96.5 Å². The first-order valence-electron chi connectivity index (χ1n) is 5.84. The lowest BCUT2D eigenvalue weighted by Gasteiger charge is -2.39. The number of benzene rings is 1. The van der Waals surface area contributed by atoms with Gasteiger partial charge in [-0.3, -0.25) is 4.90 Å². The predicted octanol–water partition coefficient (Wildman–Crippen LogP) is 1.66. The number of hydrogen-bond donors (Lipinski definition) is 1. The second-order valence-corrected chi connectivity index (χ2v) is 4.66. The Hall–Kier alpha value is -0.930. The highest BCUT2D eigenvalue weighted by Crippen LogP contribution is 2.13. The molecule has 0 aliphatic carbocycles. The van der Waals surface area contributed by atoms with Crippen molar-refractivity contribution in [1.29, 1.82) is 0 Å². The number of likely N-dealkylation sites (N-methyl/N-ethyl adjacent to an activating group) is 1. The molecule has 2 nitrogen and oxygen atoms in total. The Morgan fingerprint density at radius 2 is 2.25 bits per heavy atom. The van der Waals surface area contributed by atoms with Crippen molar-refractivity contribution in [2.75, 3.05) is 20.1 Å². The maximum absolute atomic E-state index is 13.0. The van der Waals surface area contributed by atoms with Crippen molar-refractivity contribution in [2.24, 2.45) is 0 Å². The molecule has 1 saturated heterocycles. The van der Waals surface area contributed by atoms with Crippen LogP contribution < -0.4 is 5.32 Å². The van der Waals surface area contributed by atoms with Gasteiger partial charge in [0.2, 0.25) is 0 Å². The highest BCUT2D eigenvalue weighted by molar-refractivity contribution is 5.17. The summed E-state index contributed by atoms with van der Waals surface area (Å²) in [6, 6.07) is 7.99. The Morgan fingerprint density at radius 1 is 1.50 bits per heavy atom. The molecule has 0 bridgehead atoms. The summed E-state index contributed by atoms with van der Waals surface area (Å²) in [5.41, 5.74) is 1.08. The molecule has 3 heteroatoms. The van der Waals surface area contributed by atoms with Gasteiger partial charge in [0.15, 0.2) is 0 Å². The molecule has 1 aromatic rings. The first-order chi connectivity index (χ1) is 7.66. The topological polar surface area (TPSA) is 15.3 Å². The van der Waals surface area contributed by atoms with E-state index in [1.165, 1.54) is 6.07 Å². The van der Waals surface area contributed by atoms with E-state index in [4.69, 9.17) is 0 Å². The van der Waals surface area contributed by atoms with E-state index in [1.807, 2.05) is 6.07 Å². The Morgan fingerprint density at radius 3 is 2.81 bits per heavy atom. The minimum Gasteiger partial charge on any atom is -0.314 e. The third-order valence-electron chi connectivity index (χ3n) is 3.45. The summed E-state index contributed by atoms with van der Waals surface area (Å²) in [6.07, 6.45) is 0.908. The molecule has 88 valence electrons. The number of nitrogens with zero attached hydrogens (tertiary/aromatic N) is 1. The molecule has 0 amide bonds. The van der Waals surface area contributed by atoms with Crippen LogP contribution in [0.1, 0.15) is 12.5 Å². The van der Waals surface area contributed by atoms with E-state index in [0.717, 1.165) is 25.1 Å². The lowest BCUT2D eigenvalue weighted by Crippen LogP contribution is -2.58. The van der Waals surface area contributed by atoms with Gasteiger partial charge < -0.3 is 5.32 Å². The van der Waals surface area contributed by atoms with Crippen LogP contribution in [0.5, 0.6) is 0 Å². The SMILES string of the molecule is CC(Cc1cccc(F)c1)N(C)C1CNC1. The molecule has 1 fully saturated rings. The van der Waals surface area contributed by atoms with Gasteiger partial charge in [0.1, 0.15) is 5.82 Å². The molecule has 1 unspecified atom stereocenters. The molecule has 0 saturated carbocycles. The summed E-state index contributed by atoms with van der Waals surface area (Å²) in [6.45, 7) is 4.34. The minimum absolute atomic E-state index is 0.141. The fraction of sp³-hybridized carbons (Fsp3) is 0.538. The molecule has 0 spiro atoms. The average molecular weight is 222 g/mol. The van der Waals surface area contributed by atoms with Crippen LogP contribution in [-0.2, 0) is 6.42 Å². The minimum atomic E-state index is -0.141. The maximum atomic E-state index is 13.0. The molecule has 2 rings (SSSR count). The number of halogens is 1. The van der Waals surface area contributed by atoms with Crippen molar-refractivity contribution in [1.82, 2.24) is 10.2 Å². The van der Waals surface area contributed by atoms with Gasteiger partial charge in [0.05, 0.1) is 0 Å². The van der Waals surface area contributed by atoms with Gasteiger partial charge in [0, 0.05) is 25.2 Å². The van der Waals surface area contributed by atoms with E-state index in [1.54, 1.807) is 12.1 Å². The summed E-state index contributed by atoms with van der Waals surface area (Å²) < 4.78 is 13.0. The van der Waals surface area contributed by atoms with Crippen LogP contribution in [0.25, 0.3) is 0 Å². The first-order valence-corrected chi connectivity index (χ1v) is 5.84. The fourth-order valence-electron chi connectivity index (χ4n) is 2.07. The van der Waals surface area contributed by atoms with E-state index in [0.29, 0.717) is 12.1 Å². The van der Waals surface area contributed by atoms with Gasteiger partial charge in [-0.15, -0.1) is 0 Å². The van der Waals surface area contributed by atoms with Crippen molar-refractivity contribution in [3.63, 3.8) is 0 Å². The van der Waals surface area contributed by atoms with Crippen molar-refractivity contribution >= 4 is 0 Å². The van der Waals surface area contributed by atoms with Crippen molar-refractivity contribution in [2.45, 2.75) is 25.4 Å². The fourth-order valence-corrected chi connectivity index (χ4v) is 2.07.